The van der Waals surface area contributed by atoms with E-state index in [1.165, 1.54) is 4.90 Å². The monoisotopic (exact) mass is 414 g/mol. The van der Waals surface area contributed by atoms with E-state index in [4.69, 9.17) is 9.57 Å². The number of hydrogen-bond acceptors (Lipinski definition) is 5. The van der Waals surface area contributed by atoms with Gasteiger partial charge in [0, 0.05) is 5.56 Å². The van der Waals surface area contributed by atoms with Crippen LogP contribution in [-0.4, -0.2) is 25.0 Å². The molecule has 2 aliphatic heterocycles. The first kappa shape index (κ1) is 19.3. The Morgan fingerprint density at radius 1 is 0.806 bits per heavy atom. The molecule has 0 saturated carbocycles. The van der Waals surface area contributed by atoms with Crippen molar-refractivity contribution in [1.82, 2.24) is 0 Å². The molecule has 6 heteroatoms. The number of carbonyl (C=O) groups is 2. The normalized spacial score (nSPS) is 22.7. The maximum atomic E-state index is 13.6. The van der Waals surface area contributed by atoms with Crippen molar-refractivity contribution >= 4 is 23.2 Å². The van der Waals surface area contributed by atoms with Gasteiger partial charge in [-0.2, -0.15) is 0 Å². The number of ether oxygens (including phenoxy) is 1. The minimum Gasteiger partial charge on any atom is -0.496 e. The van der Waals surface area contributed by atoms with Gasteiger partial charge in [0.25, 0.3) is 5.91 Å². The molecule has 0 aliphatic carbocycles. The summed E-state index contributed by atoms with van der Waals surface area (Å²) < 4.78 is 5.59. The average Bonchev–Trinajstić information content (AvgIpc) is 3.31. The van der Waals surface area contributed by atoms with E-state index < -0.39 is 18.1 Å². The lowest BCUT2D eigenvalue weighted by atomic mass is 9.90. The molecular formula is C25H22N2O4. The summed E-state index contributed by atoms with van der Waals surface area (Å²) in [4.78, 5) is 34.3. The van der Waals surface area contributed by atoms with E-state index in [9.17, 15) is 9.59 Å². The number of rotatable bonds is 4. The van der Waals surface area contributed by atoms with Gasteiger partial charge in [-0.3, -0.25) is 14.4 Å². The first-order chi connectivity index (χ1) is 15.1. The molecular weight excluding hydrogens is 392 g/mol. The van der Waals surface area contributed by atoms with Crippen LogP contribution in [0, 0.1) is 12.8 Å². The number of aryl methyl sites for hydroxylation is 1. The van der Waals surface area contributed by atoms with Crippen molar-refractivity contribution in [2.75, 3.05) is 17.1 Å². The topological polar surface area (TPSA) is 59.1 Å². The lowest BCUT2D eigenvalue weighted by molar-refractivity contribution is -0.126. The fourth-order valence-corrected chi connectivity index (χ4v) is 4.39. The molecule has 0 N–H and O–H groups in total. The molecule has 31 heavy (non-hydrogen) atoms. The van der Waals surface area contributed by atoms with Crippen LogP contribution in [0.2, 0.25) is 0 Å². The predicted octanol–water partition coefficient (Wildman–Crippen LogP) is 4.05. The lowest BCUT2D eigenvalue weighted by Crippen LogP contribution is -2.37. The third-order valence-electron chi connectivity index (χ3n) is 5.88. The summed E-state index contributed by atoms with van der Waals surface area (Å²) in [5.41, 5.74) is 3.19. The predicted molar refractivity (Wildman–Crippen MR) is 117 cm³/mol. The molecule has 156 valence electrons. The van der Waals surface area contributed by atoms with Crippen molar-refractivity contribution in [1.29, 1.82) is 0 Å². The Morgan fingerprint density at radius 2 is 1.48 bits per heavy atom. The van der Waals surface area contributed by atoms with Crippen molar-refractivity contribution in [3.05, 3.63) is 90.0 Å². The standard InChI is InChI=1S/C25H22N2O4/c1-16-12-14-17(15-13-16)26-24(28)21-22(19-10-6-7-11-20(19)30-2)27(31-23(21)25(26)29)18-8-4-3-5-9-18/h3-15,21-23H,1-2H3. The Morgan fingerprint density at radius 3 is 2.19 bits per heavy atom. The molecule has 2 amide bonds. The summed E-state index contributed by atoms with van der Waals surface area (Å²) >= 11 is 0. The van der Waals surface area contributed by atoms with Crippen LogP contribution in [-0.2, 0) is 14.4 Å². The number of hydrogen-bond donors (Lipinski definition) is 0. The van der Waals surface area contributed by atoms with E-state index in [1.54, 1.807) is 24.3 Å². The fraction of sp³-hybridized carbons (Fsp3) is 0.200. The zero-order valence-electron chi connectivity index (χ0n) is 17.3. The van der Waals surface area contributed by atoms with Crippen molar-refractivity contribution < 1.29 is 19.2 Å². The molecule has 6 nitrogen and oxygen atoms in total. The maximum absolute atomic E-state index is 13.6. The quantitative estimate of drug-likeness (QED) is 0.603. The number of methoxy groups -OCH3 is 1. The molecule has 3 aromatic carbocycles. The highest BCUT2D eigenvalue weighted by Crippen LogP contribution is 2.49. The maximum Gasteiger partial charge on any atom is 0.266 e. The van der Waals surface area contributed by atoms with Gasteiger partial charge in [-0.25, -0.2) is 9.96 Å². The van der Waals surface area contributed by atoms with Crippen LogP contribution in [0.1, 0.15) is 17.2 Å². The summed E-state index contributed by atoms with van der Waals surface area (Å²) in [7, 11) is 1.60. The zero-order chi connectivity index (χ0) is 21.5. The summed E-state index contributed by atoms with van der Waals surface area (Å²) in [6.07, 6.45) is -0.899. The summed E-state index contributed by atoms with van der Waals surface area (Å²) in [5.74, 6) is -0.664. The van der Waals surface area contributed by atoms with Crippen LogP contribution in [0.5, 0.6) is 5.75 Å². The molecule has 0 spiro atoms. The Hall–Kier alpha value is -3.64. The number of amides is 2. The number of benzene rings is 3. The molecule has 5 rings (SSSR count). The van der Waals surface area contributed by atoms with Gasteiger partial charge in [-0.05, 0) is 37.3 Å². The number of para-hydroxylation sites is 2. The molecule has 2 heterocycles. The van der Waals surface area contributed by atoms with E-state index in [1.807, 2.05) is 73.7 Å². The number of fused-ring (bicyclic) bond motifs is 1. The van der Waals surface area contributed by atoms with Crippen LogP contribution in [0.15, 0.2) is 78.9 Å². The van der Waals surface area contributed by atoms with E-state index in [2.05, 4.69) is 0 Å². The van der Waals surface area contributed by atoms with Gasteiger partial charge in [0.05, 0.1) is 24.5 Å². The highest BCUT2D eigenvalue weighted by Gasteiger charge is 2.60. The Balaban J connectivity index is 1.61. The van der Waals surface area contributed by atoms with Gasteiger partial charge in [-0.1, -0.05) is 54.1 Å². The van der Waals surface area contributed by atoms with Gasteiger partial charge < -0.3 is 4.74 Å². The molecule has 0 radical (unpaired) electrons. The number of carbonyl (C=O) groups excluding carboxylic acids is 2. The lowest BCUT2D eigenvalue weighted by Gasteiger charge is -2.29. The Labute approximate surface area is 180 Å². The van der Waals surface area contributed by atoms with Crippen LogP contribution < -0.4 is 14.7 Å². The molecule has 2 saturated heterocycles. The van der Waals surface area contributed by atoms with Crippen LogP contribution in [0.3, 0.4) is 0 Å². The summed E-state index contributed by atoms with van der Waals surface area (Å²) in [5, 5.41) is 1.68. The van der Waals surface area contributed by atoms with Crippen molar-refractivity contribution in [2.45, 2.75) is 19.1 Å². The smallest absolute Gasteiger partial charge is 0.266 e. The number of imide groups is 1. The zero-order valence-corrected chi connectivity index (χ0v) is 17.3. The molecule has 2 fully saturated rings. The van der Waals surface area contributed by atoms with Gasteiger partial charge in [0.15, 0.2) is 6.10 Å². The second kappa shape index (κ2) is 7.56. The van der Waals surface area contributed by atoms with Crippen LogP contribution in [0.25, 0.3) is 0 Å². The minimum absolute atomic E-state index is 0.270. The van der Waals surface area contributed by atoms with E-state index in [0.29, 0.717) is 11.4 Å². The first-order valence-electron chi connectivity index (χ1n) is 10.2. The molecule has 3 unspecified atom stereocenters. The average molecular weight is 414 g/mol. The fourth-order valence-electron chi connectivity index (χ4n) is 4.39. The van der Waals surface area contributed by atoms with E-state index in [0.717, 1.165) is 16.8 Å². The van der Waals surface area contributed by atoms with E-state index in [-0.39, 0.29) is 11.8 Å². The number of nitrogens with zero attached hydrogens (tertiary/aromatic N) is 2. The summed E-state index contributed by atoms with van der Waals surface area (Å²) in [6.45, 7) is 1.96. The summed E-state index contributed by atoms with van der Waals surface area (Å²) in [6, 6.07) is 23.9. The highest BCUT2D eigenvalue weighted by atomic mass is 16.7. The van der Waals surface area contributed by atoms with Crippen LogP contribution >= 0.6 is 0 Å². The van der Waals surface area contributed by atoms with Crippen molar-refractivity contribution in [2.24, 2.45) is 5.92 Å². The molecule has 2 aliphatic rings. The van der Waals surface area contributed by atoms with E-state index >= 15 is 0 Å². The van der Waals surface area contributed by atoms with Gasteiger partial charge in [0.2, 0.25) is 5.91 Å². The second-order valence-corrected chi connectivity index (χ2v) is 7.75. The van der Waals surface area contributed by atoms with Gasteiger partial charge in [0.1, 0.15) is 11.7 Å². The van der Waals surface area contributed by atoms with Crippen molar-refractivity contribution in [3.8, 4) is 5.75 Å². The van der Waals surface area contributed by atoms with Crippen molar-refractivity contribution in [3.63, 3.8) is 0 Å². The Kier molecular flexibility index (Phi) is 4.71. The highest BCUT2D eigenvalue weighted by molar-refractivity contribution is 6.23. The largest absolute Gasteiger partial charge is 0.496 e. The van der Waals surface area contributed by atoms with Gasteiger partial charge in [-0.15, -0.1) is 0 Å². The number of hydroxylamine groups is 1. The van der Waals surface area contributed by atoms with Gasteiger partial charge >= 0.3 is 0 Å². The van der Waals surface area contributed by atoms with Crippen LogP contribution in [0.4, 0.5) is 11.4 Å². The second-order valence-electron chi connectivity index (χ2n) is 7.75. The third-order valence-corrected chi connectivity index (χ3v) is 5.88. The molecule has 3 atom stereocenters. The molecule has 0 bridgehead atoms. The minimum atomic E-state index is -0.899. The molecule has 0 aromatic heterocycles. The number of anilines is 2. The Bertz CT molecular complexity index is 1130. The molecule has 3 aromatic rings. The SMILES string of the molecule is COc1ccccc1C1C2C(=O)N(c3ccc(C)cc3)C(=O)C2ON1c1ccccc1. The first-order valence-corrected chi connectivity index (χ1v) is 10.2. The third kappa shape index (κ3) is 3.07.